The highest BCUT2D eigenvalue weighted by atomic mass is 16.5. The molecule has 1 atom stereocenters. The molecule has 0 radical (unpaired) electrons. The second-order valence-electron chi connectivity index (χ2n) is 1.87. The SMILES string of the molecule is CCOC(=O)C(C)NNC. The minimum atomic E-state index is -0.287. The first-order valence-corrected chi connectivity index (χ1v) is 3.31. The van der Waals surface area contributed by atoms with Crippen LogP contribution in [0.1, 0.15) is 13.8 Å². The van der Waals surface area contributed by atoms with Crippen molar-refractivity contribution in [2.45, 2.75) is 19.9 Å². The van der Waals surface area contributed by atoms with Crippen LogP contribution in [0.2, 0.25) is 0 Å². The van der Waals surface area contributed by atoms with Crippen LogP contribution in [0.3, 0.4) is 0 Å². The highest BCUT2D eigenvalue weighted by Gasteiger charge is 2.10. The molecule has 60 valence electrons. The lowest BCUT2D eigenvalue weighted by Crippen LogP contribution is -2.42. The Hall–Kier alpha value is -0.610. The Morgan fingerprint density at radius 1 is 1.70 bits per heavy atom. The monoisotopic (exact) mass is 146 g/mol. The smallest absolute Gasteiger partial charge is 0.324 e. The molecule has 0 spiro atoms. The van der Waals surface area contributed by atoms with E-state index in [1.807, 2.05) is 0 Å². The Balaban J connectivity index is 3.49. The van der Waals surface area contributed by atoms with Gasteiger partial charge in [-0.25, -0.2) is 5.43 Å². The zero-order valence-corrected chi connectivity index (χ0v) is 6.60. The number of rotatable bonds is 4. The highest BCUT2D eigenvalue weighted by Crippen LogP contribution is 1.84. The van der Waals surface area contributed by atoms with Gasteiger partial charge in [-0.2, -0.15) is 0 Å². The Kier molecular flexibility index (Phi) is 4.88. The molecule has 0 saturated heterocycles. The maximum absolute atomic E-state index is 10.8. The lowest BCUT2D eigenvalue weighted by Gasteiger charge is -2.10. The summed E-state index contributed by atoms with van der Waals surface area (Å²) in [7, 11) is 1.70. The van der Waals surface area contributed by atoms with Crippen LogP contribution in [-0.2, 0) is 9.53 Å². The second-order valence-corrected chi connectivity index (χ2v) is 1.87. The van der Waals surface area contributed by atoms with E-state index in [2.05, 4.69) is 10.9 Å². The third-order valence-corrected chi connectivity index (χ3v) is 1.00. The Morgan fingerprint density at radius 2 is 2.30 bits per heavy atom. The number of carbonyl (C=O) groups is 1. The van der Waals surface area contributed by atoms with Crippen molar-refractivity contribution in [2.24, 2.45) is 0 Å². The lowest BCUT2D eigenvalue weighted by atomic mass is 10.4. The van der Waals surface area contributed by atoms with Gasteiger partial charge in [-0.15, -0.1) is 0 Å². The number of carbonyl (C=O) groups excluding carboxylic acids is 1. The van der Waals surface area contributed by atoms with Gasteiger partial charge in [0.25, 0.3) is 0 Å². The van der Waals surface area contributed by atoms with Gasteiger partial charge in [0.05, 0.1) is 6.61 Å². The Bertz CT molecular complexity index is 106. The van der Waals surface area contributed by atoms with E-state index in [1.54, 1.807) is 20.9 Å². The second kappa shape index (κ2) is 5.20. The molecule has 1 unspecified atom stereocenters. The van der Waals surface area contributed by atoms with Crippen LogP contribution in [0.15, 0.2) is 0 Å². The largest absolute Gasteiger partial charge is 0.465 e. The number of ether oxygens (including phenoxy) is 1. The zero-order valence-electron chi connectivity index (χ0n) is 6.60. The molecule has 4 heteroatoms. The average Bonchev–Trinajstić information content (AvgIpc) is 1.89. The first-order chi connectivity index (χ1) is 4.72. The average molecular weight is 146 g/mol. The van der Waals surface area contributed by atoms with Gasteiger partial charge >= 0.3 is 5.97 Å². The van der Waals surface area contributed by atoms with Crippen LogP contribution in [0, 0.1) is 0 Å². The van der Waals surface area contributed by atoms with Gasteiger partial charge in [0, 0.05) is 0 Å². The lowest BCUT2D eigenvalue weighted by molar-refractivity contribution is -0.145. The van der Waals surface area contributed by atoms with Crippen LogP contribution in [-0.4, -0.2) is 25.7 Å². The summed E-state index contributed by atoms with van der Waals surface area (Å²) >= 11 is 0. The van der Waals surface area contributed by atoms with Gasteiger partial charge in [0.15, 0.2) is 0 Å². The number of hydrazine groups is 1. The minimum absolute atomic E-state index is 0.239. The standard InChI is InChI=1S/C6H14N2O2/c1-4-10-6(9)5(2)8-7-3/h5,7-8H,4H2,1-3H3. The fourth-order valence-corrected chi connectivity index (χ4v) is 0.543. The first-order valence-electron chi connectivity index (χ1n) is 3.31. The molecule has 10 heavy (non-hydrogen) atoms. The number of hydrogen-bond acceptors (Lipinski definition) is 4. The normalized spacial score (nSPS) is 12.7. The summed E-state index contributed by atoms with van der Waals surface area (Å²) < 4.78 is 4.71. The molecule has 2 N–H and O–H groups in total. The minimum Gasteiger partial charge on any atom is -0.465 e. The molecule has 0 rings (SSSR count). The van der Waals surface area contributed by atoms with Crippen LogP contribution in [0.25, 0.3) is 0 Å². The van der Waals surface area contributed by atoms with E-state index in [1.165, 1.54) is 0 Å². The van der Waals surface area contributed by atoms with Crippen molar-refractivity contribution in [1.82, 2.24) is 10.9 Å². The molecule has 0 amide bonds. The summed E-state index contributed by atoms with van der Waals surface area (Å²) in [4.78, 5) is 10.8. The molecular weight excluding hydrogens is 132 g/mol. The van der Waals surface area contributed by atoms with E-state index < -0.39 is 0 Å². The summed E-state index contributed by atoms with van der Waals surface area (Å²) in [5.41, 5.74) is 5.36. The van der Waals surface area contributed by atoms with Crippen LogP contribution in [0.4, 0.5) is 0 Å². The molecule has 0 bridgehead atoms. The molecule has 0 aliphatic carbocycles. The third kappa shape index (κ3) is 3.42. The predicted octanol–water partition coefficient (Wildman–Crippen LogP) is -0.338. The predicted molar refractivity (Wildman–Crippen MR) is 38.3 cm³/mol. The molecule has 4 nitrogen and oxygen atoms in total. The van der Waals surface area contributed by atoms with Gasteiger partial charge in [0.1, 0.15) is 6.04 Å². The van der Waals surface area contributed by atoms with Gasteiger partial charge in [0.2, 0.25) is 0 Å². The molecular formula is C6H14N2O2. The van der Waals surface area contributed by atoms with Crippen LogP contribution >= 0.6 is 0 Å². The van der Waals surface area contributed by atoms with Gasteiger partial charge in [-0.3, -0.25) is 10.2 Å². The Labute approximate surface area is 60.9 Å². The summed E-state index contributed by atoms with van der Waals surface area (Å²) in [5, 5.41) is 0. The molecule has 0 aromatic heterocycles. The molecule has 0 aliphatic heterocycles. The molecule has 0 aromatic rings. The quantitative estimate of drug-likeness (QED) is 0.421. The van der Waals surface area contributed by atoms with Crippen molar-refractivity contribution in [3.05, 3.63) is 0 Å². The van der Waals surface area contributed by atoms with E-state index in [0.29, 0.717) is 6.61 Å². The first kappa shape index (κ1) is 9.39. The van der Waals surface area contributed by atoms with Crippen molar-refractivity contribution in [3.8, 4) is 0 Å². The fraction of sp³-hybridized carbons (Fsp3) is 0.833. The summed E-state index contributed by atoms with van der Waals surface area (Å²) in [6.45, 7) is 3.94. The van der Waals surface area contributed by atoms with Crippen molar-refractivity contribution in [3.63, 3.8) is 0 Å². The van der Waals surface area contributed by atoms with Crippen LogP contribution in [0.5, 0.6) is 0 Å². The maximum atomic E-state index is 10.8. The van der Waals surface area contributed by atoms with Crippen LogP contribution < -0.4 is 10.9 Å². The Morgan fingerprint density at radius 3 is 2.70 bits per heavy atom. The van der Waals surface area contributed by atoms with Gasteiger partial charge in [-0.05, 0) is 20.9 Å². The molecule has 0 saturated carbocycles. The highest BCUT2D eigenvalue weighted by molar-refractivity contribution is 5.75. The maximum Gasteiger partial charge on any atom is 0.324 e. The van der Waals surface area contributed by atoms with Crippen molar-refractivity contribution >= 4 is 5.97 Å². The molecule has 0 fully saturated rings. The topological polar surface area (TPSA) is 50.4 Å². The fourth-order valence-electron chi connectivity index (χ4n) is 0.543. The molecule has 0 aromatic carbocycles. The molecule has 0 aliphatic rings. The number of nitrogens with one attached hydrogen (secondary N) is 2. The molecule has 0 heterocycles. The van der Waals surface area contributed by atoms with Gasteiger partial charge < -0.3 is 4.74 Å². The van der Waals surface area contributed by atoms with E-state index in [0.717, 1.165) is 0 Å². The van der Waals surface area contributed by atoms with E-state index >= 15 is 0 Å². The van der Waals surface area contributed by atoms with E-state index in [4.69, 9.17) is 4.74 Å². The number of hydrogen-bond donors (Lipinski definition) is 2. The van der Waals surface area contributed by atoms with E-state index in [9.17, 15) is 4.79 Å². The summed E-state index contributed by atoms with van der Waals surface area (Å²) in [6.07, 6.45) is 0. The third-order valence-electron chi connectivity index (χ3n) is 1.00. The van der Waals surface area contributed by atoms with Crippen molar-refractivity contribution < 1.29 is 9.53 Å². The summed E-state index contributed by atoms with van der Waals surface area (Å²) in [6, 6.07) is -0.287. The van der Waals surface area contributed by atoms with Gasteiger partial charge in [-0.1, -0.05) is 0 Å². The number of esters is 1. The van der Waals surface area contributed by atoms with Crippen molar-refractivity contribution in [1.29, 1.82) is 0 Å². The summed E-state index contributed by atoms with van der Waals surface area (Å²) in [5.74, 6) is -0.239. The zero-order chi connectivity index (χ0) is 7.98. The van der Waals surface area contributed by atoms with Crippen molar-refractivity contribution in [2.75, 3.05) is 13.7 Å². The van der Waals surface area contributed by atoms with E-state index in [-0.39, 0.29) is 12.0 Å².